The zero-order valence-corrected chi connectivity index (χ0v) is 31.1. The minimum atomic E-state index is -0.677. The van der Waals surface area contributed by atoms with Crippen LogP contribution in [0, 0.1) is 23.7 Å². The molecule has 0 unspecified atom stereocenters. The van der Waals surface area contributed by atoms with Gasteiger partial charge < -0.3 is 20.4 Å². The van der Waals surface area contributed by atoms with E-state index in [9.17, 15) is 19.2 Å². The molecule has 0 saturated heterocycles. The molecular formula is C32H64HfO8. The van der Waals surface area contributed by atoms with Crippen molar-refractivity contribution in [2.75, 3.05) is 0 Å². The van der Waals surface area contributed by atoms with Crippen molar-refractivity contribution in [2.45, 2.75) is 158 Å². The van der Waals surface area contributed by atoms with Crippen molar-refractivity contribution >= 4 is 23.9 Å². The third-order valence-electron chi connectivity index (χ3n) is 5.69. The molecule has 0 amide bonds. The van der Waals surface area contributed by atoms with Crippen LogP contribution in [-0.2, 0) is 45.0 Å². The van der Waals surface area contributed by atoms with Crippen molar-refractivity contribution in [3.8, 4) is 0 Å². The van der Waals surface area contributed by atoms with E-state index in [1.165, 1.54) is 0 Å². The third-order valence-corrected chi connectivity index (χ3v) is 5.69. The Morgan fingerprint density at radius 1 is 0.366 bits per heavy atom. The van der Waals surface area contributed by atoms with Gasteiger partial charge in [0.05, 0.1) is 0 Å². The van der Waals surface area contributed by atoms with Crippen LogP contribution in [0.3, 0.4) is 0 Å². The van der Waals surface area contributed by atoms with Gasteiger partial charge in [0.2, 0.25) is 0 Å². The summed E-state index contributed by atoms with van der Waals surface area (Å²) in [5.41, 5.74) is 0. The van der Waals surface area contributed by atoms with E-state index in [1.54, 1.807) is 0 Å². The zero-order valence-electron chi connectivity index (χ0n) is 27.5. The summed E-state index contributed by atoms with van der Waals surface area (Å²) in [6.07, 6.45) is 13.4. The van der Waals surface area contributed by atoms with Gasteiger partial charge in [-0.05, 0) is 49.4 Å². The molecule has 0 rings (SSSR count). The zero-order chi connectivity index (χ0) is 31.9. The Morgan fingerprint density at radius 2 is 0.512 bits per heavy atom. The number of carboxylic acids is 4. The molecule has 0 saturated carbocycles. The number of carbonyl (C=O) groups is 4. The first-order valence-electron chi connectivity index (χ1n) is 15.4. The number of hydrogen-bond donors (Lipinski definition) is 4. The molecule has 41 heavy (non-hydrogen) atoms. The maximum absolute atomic E-state index is 10.0. The molecule has 0 aromatic rings. The van der Waals surface area contributed by atoms with Crippen LogP contribution in [-0.4, -0.2) is 44.3 Å². The Morgan fingerprint density at radius 3 is 0.610 bits per heavy atom. The van der Waals surface area contributed by atoms with Crippen molar-refractivity contribution in [1.29, 1.82) is 0 Å². The summed E-state index contributed by atoms with van der Waals surface area (Å²) in [5.74, 6) is 0.102. The van der Waals surface area contributed by atoms with Gasteiger partial charge >= 0.3 is 23.9 Å². The smallest absolute Gasteiger partial charge is 0.303 e. The predicted octanol–water partition coefficient (Wildman–Crippen LogP) is 9.15. The summed E-state index contributed by atoms with van der Waals surface area (Å²) in [6, 6.07) is 0. The van der Waals surface area contributed by atoms with E-state index in [0.29, 0.717) is 49.4 Å². The average molecular weight is 755 g/mol. The van der Waals surface area contributed by atoms with E-state index in [0.717, 1.165) is 77.0 Å². The van der Waals surface area contributed by atoms with Gasteiger partial charge in [0.15, 0.2) is 0 Å². The van der Waals surface area contributed by atoms with Crippen LogP contribution >= 0.6 is 0 Å². The summed E-state index contributed by atoms with van der Waals surface area (Å²) in [4.78, 5) is 40.2. The molecule has 0 aliphatic heterocycles. The van der Waals surface area contributed by atoms with Gasteiger partial charge in [0.1, 0.15) is 0 Å². The fraction of sp³-hybridized carbons (Fsp3) is 0.875. The monoisotopic (exact) mass is 756 g/mol. The standard InChI is InChI=1S/4C8H16O2.Hf/c4*1-7(2)5-3-4-6-8(9)10;/h4*7H,3-6H2,1-2H3,(H,9,10);. The van der Waals surface area contributed by atoms with Crippen molar-refractivity contribution in [3.63, 3.8) is 0 Å². The molecule has 4 N–H and O–H groups in total. The summed E-state index contributed by atoms with van der Waals surface area (Å²) in [6.45, 7) is 17.2. The third kappa shape index (κ3) is 73.1. The molecule has 0 atom stereocenters. The molecule has 0 aliphatic rings. The van der Waals surface area contributed by atoms with E-state index in [4.69, 9.17) is 20.4 Å². The minimum absolute atomic E-state index is 0. The second-order valence-electron chi connectivity index (χ2n) is 12.1. The molecule has 8 nitrogen and oxygen atoms in total. The second-order valence-corrected chi connectivity index (χ2v) is 12.1. The number of carboxylic acid groups (broad SMARTS) is 4. The van der Waals surface area contributed by atoms with Crippen LogP contribution in [0.4, 0.5) is 0 Å². The van der Waals surface area contributed by atoms with Gasteiger partial charge in [-0.25, -0.2) is 0 Å². The van der Waals surface area contributed by atoms with E-state index in [2.05, 4.69) is 55.4 Å². The molecule has 0 aromatic heterocycles. The largest absolute Gasteiger partial charge is 0.481 e. The van der Waals surface area contributed by atoms with Crippen LogP contribution in [0.5, 0.6) is 0 Å². The molecule has 0 fully saturated rings. The predicted molar refractivity (Wildman–Crippen MR) is 164 cm³/mol. The Bertz CT molecular complexity index is 501. The summed E-state index contributed by atoms with van der Waals surface area (Å²) in [5, 5.41) is 33.1. The fourth-order valence-electron chi connectivity index (χ4n) is 3.32. The maximum Gasteiger partial charge on any atom is 0.303 e. The minimum Gasteiger partial charge on any atom is -0.481 e. The quantitative estimate of drug-likeness (QED) is 0.0710. The van der Waals surface area contributed by atoms with Crippen molar-refractivity contribution < 1.29 is 65.4 Å². The first-order valence-corrected chi connectivity index (χ1v) is 15.4. The Hall–Kier alpha value is -1.25. The second kappa shape index (κ2) is 36.8. The van der Waals surface area contributed by atoms with E-state index < -0.39 is 23.9 Å². The van der Waals surface area contributed by atoms with Crippen LogP contribution < -0.4 is 0 Å². The molecule has 0 aliphatic carbocycles. The normalized spacial score (nSPS) is 10.0. The average Bonchev–Trinajstić information content (AvgIpc) is 2.80. The van der Waals surface area contributed by atoms with E-state index in [1.807, 2.05) is 0 Å². The number of unbranched alkanes of at least 4 members (excludes halogenated alkanes) is 4. The van der Waals surface area contributed by atoms with Gasteiger partial charge in [-0.1, -0.05) is 107 Å². The first kappa shape index (κ1) is 49.4. The van der Waals surface area contributed by atoms with Crippen LogP contribution in [0.2, 0.25) is 0 Å². The van der Waals surface area contributed by atoms with Crippen molar-refractivity contribution in [2.24, 2.45) is 23.7 Å². The topological polar surface area (TPSA) is 149 Å². The molecule has 0 radical (unpaired) electrons. The summed E-state index contributed by atoms with van der Waals surface area (Å²) < 4.78 is 0. The molecule has 9 heteroatoms. The molecule has 0 bridgehead atoms. The number of hydrogen-bond acceptors (Lipinski definition) is 4. The Labute approximate surface area is 270 Å². The first-order chi connectivity index (χ1) is 18.5. The maximum atomic E-state index is 10.0. The summed E-state index contributed by atoms with van der Waals surface area (Å²) in [7, 11) is 0. The van der Waals surface area contributed by atoms with Gasteiger partial charge in [-0.2, -0.15) is 0 Å². The molecule has 0 heterocycles. The van der Waals surface area contributed by atoms with E-state index in [-0.39, 0.29) is 25.8 Å². The van der Waals surface area contributed by atoms with Gasteiger partial charge in [-0.15, -0.1) is 0 Å². The van der Waals surface area contributed by atoms with Gasteiger partial charge in [-0.3, -0.25) is 19.2 Å². The van der Waals surface area contributed by atoms with Crippen LogP contribution in [0.1, 0.15) is 158 Å². The molecule has 0 aromatic carbocycles. The summed E-state index contributed by atoms with van der Waals surface area (Å²) >= 11 is 0. The number of aliphatic carboxylic acids is 4. The van der Waals surface area contributed by atoms with E-state index >= 15 is 0 Å². The van der Waals surface area contributed by atoms with Crippen LogP contribution in [0.25, 0.3) is 0 Å². The molecular weight excluding hydrogens is 691 g/mol. The van der Waals surface area contributed by atoms with Crippen molar-refractivity contribution in [1.82, 2.24) is 0 Å². The fourth-order valence-corrected chi connectivity index (χ4v) is 3.32. The SMILES string of the molecule is CC(C)CCCCC(=O)O.CC(C)CCCCC(=O)O.CC(C)CCCCC(=O)O.CC(C)CCCCC(=O)O.[Hf]. The Balaban J connectivity index is -0.000000139. The van der Waals surface area contributed by atoms with Gasteiger partial charge in [0.25, 0.3) is 0 Å². The van der Waals surface area contributed by atoms with Crippen molar-refractivity contribution in [3.05, 3.63) is 0 Å². The molecule has 244 valence electrons. The number of rotatable bonds is 20. The van der Waals surface area contributed by atoms with Gasteiger partial charge in [0, 0.05) is 51.5 Å². The van der Waals surface area contributed by atoms with Crippen LogP contribution in [0.15, 0.2) is 0 Å². The molecule has 0 spiro atoms. The Kier molecular flexibility index (Phi) is 44.3.